The zero-order chi connectivity index (χ0) is 19.8. The van der Waals surface area contributed by atoms with Crippen LogP contribution in [0.25, 0.3) is 0 Å². The number of Topliss-reactive ketones (excluding diaryl/α,β-unsaturated/α-hetero) is 1. The van der Waals surface area contributed by atoms with Crippen LogP contribution >= 0.6 is 11.6 Å². The van der Waals surface area contributed by atoms with Crippen LogP contribution in [0, 0.1) is 13.8 Å². The molecule has 1 aliphatic heterocycles. The maximum Gasteiger partial charge on any atom is 0.264 e. The van der Waals surface area contributed by atoms with E-state index in [2.05, 4.69) is 0 Å². The highest BCUT2D eigenvalue weighted by atomic mass is 35.5. The van der Waals surface area contributed by atoms with Gasteiger partial charge in [0.2, 0.25) is 0 Å². The Balaban J connectivity index is 1.86. The van der Waals surface area contributed by atoms with E-state index in [4.69, 9.17) is 16.3 Å². The number of carbonyl (C=O) groups excluding carboxylic acids is 2. The average Bonchev–Trinajstić information content (AvgIpc) is 2.78. The summed E-state index contributed by atoms with van der Waals surface area (Å²) >= 11 is 5.86. The lowest BCUT2D eigenvalue weighted by atomic mass is 9.88. The van der Waals surface area contributed by atoms with Gasteiger partial charge in [-0.2, -0.15) is 0 Å². The van der Waals surface area contributed by atoms with Crippen LogP contribution in [0.2, 0.25) is 5.02 Å². The molecule has 2 aromatic rings. The van der Waals surface area contributed by atoms with Gasteiger partial charge in [-0.15, -0.1) is 0 Å². The van der Waals surface area contributed by atoms with Gasteiger partial charge < -0.3 is 14.7 Å². The van der Waals surface area contributed by atoms with Crippen LogP contribution in [0.15, 0.2) is 36.4 Å². The maximum absolute atomic E-state index is 13.0. The summed E-state index contributed by atoms with van der Waals surface area (Å²) in [5.41, 5.74) is 1.14. The van der Waals surface area contributed by atoms with E-state index in [1.54, 1.807) is 30.3 Å². The van der Waals surface area contributed by atoms with Gasteiger partial charge in [-0.1, -0.05) is 29.3 Å². The summed E-state index contributed by atoms with van der Waals surface area (Å²) in [6.45, 7) is 5.68. The van der Waals surface area contributed by atoms with E-state index < -0.39 is 11.5 Å². The zero-order valence-corrected chi connectivity index (χ0v) is 16.3. The number of anilines is 1. The molecule has 1 heterocycles. The lowest BCUT2D eigenvalue weighted by Crippen LogP contribution is -2.43. The first kappa shape index (κ1) is 19.4. The Bertz CT molecular complexity index is 894. The van der Waals surface area contributed by atoms with Crippen molar-refractivity contribution in [3.63, 3.8) is 0 Å². The van der Waals surface area contributed by atoms with E-state index in [-0.39, 0.29) is 25.4 Å². The molecule has 0 aromatic heterocycles. The second kappa shape index (κ2) is 7.33. The van der Waals surface area contributed by atoms with E-state index in [0.29, 0.717) is 22.0 Å². The van der Waals surface area contributed by atoms with Gasteiger partial charge in [0.05, 0.1) is 12.2 Å². The highest BCUT2D eigenvalue weighted by Crippen LogP contribution is 2.44. The molecule has 5 nitrogen and oxygen atoms in total. The van der Waals surface area contributed by atoms with Gasteiger partial charge >= 0.3 is 0 Å². The van der Waals surface area contributed by atoms with Crippen molar-refractivity contribution in [3.05, 3.63) is 58.1 Å². The molecule has 0 saturated carbocycles. The van der Waals surface area contributed by atoms with Gasteiger partial charge in [0.1, 0.15) is 18.1 Å². The van der Waals surface area contributed by atoms with Crippen molar-refractivity contribution < 1.29 is 19.4 Å². The number of hydrogen-bond donors (Lipinski definition) is 1. The van der Waals surface area contributed by atoms with Crippen LogP contribution in [0.3, 0.4) is 0 Å². The highest BCUT2D eigenvalue weighted by Gasteiger charge is 2.50. The van der Waals surface area contributed by atoms with Crippen LogP contribution in [-0.4, -0.2) is 29.9 Å². The number of carbonyl (C=O) groups is 2. The van der Waals surface area contributed by atoms with Gasteiger partial charge in [0.25, 0.3) is 5.91 Å². The molecule has 0 radical (unpaired) electrons. The van der Waals surface area contributed by atoms with Gasteiger partial charge in [-0.25, -0.2) is 0 Å². The third-order valence-electron chi connectivity index (χ3n) is 4.66. The zero-order valence-electron chi connectivity index (χ0n) is 15.6. The molecule has 0 fully saturated rings. The summed E-state index contributed by atoms with van der Waals surface area (Å²) in [4.78, 5) is 26.2. The molecule has 1 N–H and O–H groups in total. The number of rotatable bonds is 6. The minimum absolute atomic E-state index is 0.240. The normalized spacial score (nSPS) is 18.6. The topological polar surface area (TPSA) is 66.8 Å². The number of aliphatic hydroxyl groups is 1. The predicted octanol–water partition coefficient (Wildman–Crippen LogP) is 3.55. The molecule has 3 rings (SSSR count). The second-order valence-corrected chi connectivity index (χ2v) is 7.41. The summed E-state index contributed by atoms with van der Waals surface area (Å²) in [7, 11) is 0. The molecule has 1 amide bonds. The fourth-order valence-electron chi connectivity index (χ4n) is 3.60. The molecular formula is C21H22ClNO4. The summed E-state index contributed by atoms with van der Waals surface area (Å²) in [5, 5.41) is 11.7. The average molecular weight is 388 g/mol. The number of fused-ring (bicyclic) bond motifs is 1. The van der Waals surface area contributed by atoms with E-state index in [1.165, 1.54) is 11.8 Å². The molecule has 0 unspecified atom stereocenters. The molecule has 0 bridgehead atoms. The SMILES string of the molecule is CC(=O)C[C@]1(O)C(=O)N(CCOc2ccc(Cl)cc2)c2c(C)cc(C)cc21. The highest BCUT2D eigenvalue weighted by molar-refractivity contribution is 6.30. The van der Waals surface area contributed by atoms with Gasteiger partial charge in [-0.05, 0) is 50.6 Å². The third kappa shape index (κ3) is 3.70. The summed E-state index contributed by atoms with van der Waals surface area (Å²) < 4.78 is 5.70. The molecular weight excluding hydrogens is 366 g/mol. The number of ketones is 1. The molecule has 0 aliphatic carbocycles. The summed E-state index contributed by atoms with van der Waals surface area (Å²) in [5.74, 6) is -0.0813. The van der Waals surface area contributed by atoms with Crippen molar-refractivity contribution in [2.45, 2.75) is 32.8 Å². The van der Waals surface area contributed by atoms with Crippen LogP contribution < -0.4 is 9.64 Å². The predicted molar refractivity (Wildman–Crippen MR) is 104 cm³/mol. The lowest BCUT2D eigenvalue weighted by molar-refractivity contribution is -0.141. The van der Waals surface area contributed by atoms with Crippen LogP contribution in [0.5, 0.6) is 5.75 Å². The summed E-state index contributed by atoms with van der Waals surface area (Å²) in [6.07, 6.45) is -0.240. The number of nitrogens with zero attached hydrogens (tertiary/aromatic N) is 1. The van der Waals surface area contributed by atoms with Crippen molar-refractivity contribution in [2.75, 3.05) is 18.1 Å². The van der Waals surface area contributed by atoms with Gasteiger partial charge in [-0.3, -0.25) is 9.59 Å². The fraction of sp³-hybridized carbons (Fsp3) is 0.333. The van der Waals surface area contributed by atoms with Crippen LogP contribution in [0.4, 0.5) is 5.69 Å². The van der Waals surface area contributed by atoms with Gasteiger partial charge in [0.15, 0.2) is 5.60 Å². The molecule has 2 aromatic carbocycles. The lowest BCUT2D eigenvalue weighted by Gasteiger charge is -2.22. The standard InChI is InChI=1S/C21H22ClNO4/c1-13-10-14(2)19-18(11-13)21(26,12-15(3)24)20(25)23(19)8-9-27-17-6-4-16(22)5-7-17/h4-7,10-11,26H,8-9,12H2,1-3H3/t21-/m1/s1. The number of ether oxygens (including phenoxy) is 1. The first-order chi connectivity index (χ1) is 12.7. The van der Waals surface area contributed by atoms with Crippen molar-refractivity contribution in [2.24, 2.45) is 0 Å². The molecule has 1 aliphatic rings. The maximum atomic E-state index is 13.0. The molecule has 6 heteroatoms. The quantitative estimate of drug-likeness (QED) is 0.823. The smallest absolute Gasteiger partial charge is 0.264 e. The minimum atomic E-state index is -1.82. The van der Waals surface area contributed by atoms with Crippen LogP contribution in [0.1, 0.15) is 30.0 Å². The third-order valence-corrected chi connectivity index (χ3v) is 4.91. The van der Waals surface area contributed by atoms with Crippen molar-refractivity contribution in [1.82, 2.24) is 0 Å². The second-order valence-electron chi connectivity index (χ2n) is 6.98. The number of benzene rings is 2. The molecule has 0 spiro atoms. The molecule has 1 atom stereocenters. The molecule has 0 saturated heterocycles. The largest absolute Gasteiger partial charge is 0.492 e. The van der Waals surface area contributed by atoms with Gasteiger partial charge in [0, 0.05) is 17.0 Å². The van der Waals surface area contributed by atoms with Crippen molar-refractivity contribution in [1.29, 1.82) is 0 Å². The Labute approximate surface area is 163 Å². The number of amides is 1. The van der Waals surface area contributed by atoms with E-state index in [9.17, 15) is 14.7 Å². The van der Waals surface area contributed by atoms with E-state index in [1.807, 2.05) is 19.9 Å². The molecule has 142 valence electrons. The Morgan fingerprint density at radius 1 is 1.22 bits per heavy atom. The fourth-order valence-corrected chi connectivity index (χ4v) is 3.73. The number of hydrogen-bond acceptors (Lipinski definition) is 4. The number of aryl methyl sites for hydroxylation is 2. The van der Waals surface area contributed by atoms with Crippen molar-refractivity contribution in [3.8, 4) is 5.75 Å². The monoisotopic (exact) mass is 387 g/mol. The Kier molecular flexibility index (Phi) is 5.27. The summed E-state index contributed by atoms with van der Waals surface area (Å²) in [6, 6.07) is 10.7. The van der Waals surface area contributed by atoms with Crippen molar-refractivity contribution >= 4 is 29.0 Å². The Hall–Kier alpha value is -2.37. The number of halogens is 1. The Morgan fingerprint density at radius 3 is 2.52 bits per heavy atom. The van der Waals surface area contributed by atoms with Crippen LogP contribution in [-0.2, 0) is 15.2 Å². The minimum Gasteiger partial charge on any atom is -0.492 e. The van der Waals surface area contributed by atoms with E-state index in [0.717, 1.165) is 11.1 Å². The first-order valence-corrected chi connectivity index (χ1v) is 9.14. The molecule has 27 heavy (non-hydrogen) atoms. The first-order valence-electron chi connectivity index (χ1n) is 8.76. The van der Waals surface area contributed by atoms with E-state index >= 15 is 0 Å². The Morgan fingerprint density at radius 2 is 1.89 bits per heavy atom.